The highest BCUT2D eigenvalue weighted by molar-refractivity contribution is 6.62. The van der Waals surface area contributed by atoms with Crippen LogP contribution in [0, 0.1) is 5.82 Å². The van der Waals surface area contributed by atoms with Crippen LogP contribution in [0.5, 0.6) is 0 Å². The molecule has 0 amide bonds. The minimum Gasteiger partial charge on any atom is -0.399 e. The van der Waals surface area contributed by atoms with Gasteiger partial charge in [0.2, 0.25) is 0 Å². The van der Waals surface area contributed by atoms with Crippen LogP contribution in [0.3, 0.4) is 0 Å². The minimum atomic E-state index is -0.689. The van der Waals surface area contributed by atoms with Crippen molar-refractivity contribution in [1.82, 2.24) is 0 Å². The smallest absolute Gasteiger partial charge is 0.399 e. The lowest BCUT2D eigenvalue weighted by Crippen LogP contribution is -2.41. The van der Waals surface area contributed by atoms with Gasteiger partial charge in [-0.2, -0.15) is 0 Å². The number of benzene rings is 1. The normalized spacial score (nSPS) is 27.6. The van der Waals surface area contributed by atoms with Gasteiger partial charge in [-0.1, -0.05) is 0 Å². The van der Waals surface area contributed by atoms with Crippen molar-refractivity contribution in [3.63, 3.8) is 0 Å². The maximum Gasteiger partial charge on any atom is 0.495 e. The van der Waals surface area contributed by atoms with Gasteiger partial charge in [-0.15, -0.1) is 0 Å². The average Bonchev–Trinajstić information content (AvgIpc) is 2.99. The van der Waals surface area contributed by atoms with Gasteiger partial charge in [0.15, 0.2) is 12.6 Å². The Morgan fingerprint density at radius 2 is 1.44 bits per heavy atom. The van der Waals surface area contributed by atoms with Gasteiger partial charge in [-0.25, -0.2) is 4.39 Å². The first kappa shape index (κ1) is 24.1. The summed E-state index contributed by atoms with van der Waals surface area (Å²) >= 11 is 0. The average molecular weight is 450 g/mol. The highest BCUT2D eigenvalue weighted by Gasteiger charge is 2.52. The van der Waals surface area contributed by atoms with Crippen molar-refractivity contribution in [2.45, 2.75) is 103 Å². The Labute approximate surface area is 191 Å². The van der Waals surface area contributed by atoms with Crippen molar-refractivity contribution < 1.29 is 32.6 Å². The molecule has 178 valence electrons. The van der Waals surface area contributed by atoms with Gasteiger partial charge in [0.25, 0.3) is 0 Å². The lowest BCUT2D eigenvalue weighted by atomic mass is 9.74. The summed E-state index contributed by atoms with van der Waals surface area (Å²) in [5.41, 5.74) is 1.14. The zero-order valence-corrected chi connectivity index (χ0v) is 19.8. The molecule has 0 aliphatic carbocycles. The minimum absolute atomic E-state index is 0.235. The Bertz CT molecular complexity index is 758. The van der Waals surface area contributed by atoms with Crippen LogP contribution in [0.15, 0.2) is 12.1 Å². The van der Waals surface area contributed by atoms with E-state index in [2.05, 4.69) is 0 Å². The number of hydrogen-bond acceptors (Lipinski definition) is 6. The van der Waals surface area contributed by atoms with Gasteiger partial charge >= 0.3 is 7.12 Å². The van der Waals surface area contributed by atoms with Crippen LogP contribution < -0.4 is 5.46 Å². The molecule has 3 heterocycles. The molecule has 2 atom stereocenters. The summed E-state index contributed by atoms with van der Waals surface area (Å²) in [6.45, 7) is 9.86. The van der Waals surface area contributed by atoms with Crippen molar-refractivity contribution in [3.8, 4) is 0 Å². The summed E-state index contributed by atoms with van der Waals surface area (Å²) < 4.78 is 50.8. The Morgan fingerprint density at radius 1 is 0.875 bits per heavy atom. The molecule has 0 saturated carbocycles. The molecule has 2 unspecified atom stereocenters. The fraction of sp³-hybridized carbons (Fsp3) is 0.750. The number of halogens is 1. The van der Waals surface area contributed by atoms with E-state index < -0.39 is 18.3 Å². The molecule has 6 nitrogen and oxygen atoms in total. The number of hydrogen-bond donors (Lipinski definition) is 0. The largest absolute Gasteiger partial charge is 0.495 e. The molecular formula is C24H36BFO6. The van der Waals surface area contributed by atoms with Crippen LogP contribution in [-0.4, -0.2) is 44.1 Å². The van der Waals surface area contributed by atoms with E-state index in [0.29, 0.717) is 18.7 Å². The van der Waals surface area contributed by atoms with Gasteiger partial charge in [0.05, 0.1) is 24.4 Å². The molecule has 3 fully saturated rings. The van der Waals surface area contributed by atoms with E-state index in [1.165, 1.54) is 12.1 Å². The van der Waals surface area contributed by atoms with E-state index in [4.69, 9.17) is 28.3 Å². The van der Waals surface area contributed by atoms with Crippen LogP contribution in [0.25, 0.3) is 0 Å². The molecule has 8 heteroatoms. The van der Waals surface area contributed by atoms with Crippen molar-refractivity contribution >= 4 is 12.6 Å². The number of rotatable bonds is 7. The molecule has 0 N–H and O–H groups in total. The molecule has 3 aliphatic rings. The summed E-state index contributed by atoms with van der Waals surface area (Å²) in [5.74, 6) is -0.351. The molecule has 0 spiro atoms. The molecule has 1 aromatic rings. The Balaban J connectivity index is 1.58. The fourth-order valence-electron chi connectivity index (χ4n) is 4.25. The SMILES string of the molecule is CC1(C)OB(c2cc(F)cc(COC3CCCCO3)c2COC2CCCCO2)OC1(C)C. The summed E-state index contributed by atoms with van der Waals surface area (Å²) in [6.07, 6.45) is 5.44. The Kier molecular flexibility index (Phi) is 7.59. The molecule has 3 aliphatic heterocycles. The molecule has 0 bridgehead atoms. The second kappa shape index (κ2) is 10.1. The first-order valence-corrected chi connectivity index (χ1v) is 11.9. The van der Waals surface area contributed by atoms with Crippen LogP contribution in [-0.2, 0) is 41.5 Å². The predicted octanol–water partition coefficient (Wildman–Crippen LogP) is 4.21. The highest BCUT2D eigenvalue weighted by atomic mass is 19.1. The van der Waals surface area contributed by atoms with Crippen LogP contribution in [0.4, 0.5) is 4.39 Å². The van der Waals surface area contributed by atoms with Gasteiger partial charge < -0.3 is 28.3 Å². The fourth-order valence-corrected chi connectivity index (χ4v) is 4.25. The van der Waals surface area contributed by atoms with Gasteiger partial charge in [0.1, 0.15) is 5.82 Å². The van der Waals surface area contributed by atoms with Crippen LogP contribution in [0.2, 0.25) is 0 Å². The van der Waals surface area contributed by atoms with Crippen LogP contribution >= 0.6 is 0 Å². The van der Waals surface area contributed by atoms with Gasteiger partial charge in [-0.05, 0) is 94.9 Å². The second-order valence-electron chi connectivity index (χ2n) is 9.94. The summed E-state index contributed by atoms with van der Waals surface area (Å²) in [4.78, 5) is 0. The van der Waals surface area contributed by atoms with E-state index in [-0.39, 0.29) is 31.6 Å². The Hall–Kier alpha value is -1.03. The maximum absolute atomic E-state index is 14.7. The van der Waals surface area contributed by atoms with Crippen LogP contribution in [0.1, 0.15) is 77.3 Å². The van der Waals surface area contributed by atoms with Gasteiger partial charge in [-0.3, -0.25) is 0 Å². The molecule has 32 heavy (non-hydrogen) atoms. The monoisotopic (exact) mass is 450 g/mol. The maximum atomic E-state index is 14.7. The third kappa shape index (κ3) is 5.54. The second-order valence-corrected chi connectivity index (χ2v) is 9.94. The van der Waals surface area contributed by atoms with E-state index >= 15 is 0 Å². The summed E-state index contributed by atoms with van der Waals surface area (Å²) in [7, 11) is -0.689. The topological polar surface area (TPSA) is 55.4 Å². The summed E-state index contributed by atoms with van der Waals surface area (Å²) in [6, 6.07) is 3.00. The molecule has 4 rings (SSSR count). The van der Waals surface area contributed by atoms with Gasteiger partial charge in [0, 0.05) is 13.2 Å². The van der Waals surface area contributed by atoms with Crippen molar-refractivity contribution in [3.05, 3.63) is 29.1 Å². The Morgan fingerprint density at radius 3 is 1.97 bits per heavy atom. The molecule has 0 radical (unpaired) electrons. The lowest BCUT2D eigenvalue weighted by Gasteiger charge is -2.32. The van der Waals surface area contributed by atoms with E-state index in [9.17, 15) is 4.39 Å². The zero-order chi connectivity index (χ0) is 22.8. The molecule has 3 saturated heterocycles. The van der Waals surface area contributed by atoms with E-state index in [1.54, 1.807) is 0 Å². The third-order valence-corrected chi connectivity index (χ3v) is 6.96. The van der Waals surface area contributed by atoms with Crippen molar-refractivity contribution in [2.24, 2.45) is 0 Å². The van der Waals surface area contributed by atoms with E-state index in [0.717, 1.165) is 49.7 Å². The lowest BCUT2D eigenvalue weighted by molar-refractivity contribution is -0.172. The number of ether oxygens (including phenoxy) is 4. The van der Waals surface area contributed by atoms with Crippen molar-refractivity contribution in [1.29, 1.82) is 0 Å². The highest BCUT2D eigenvalue weighted by Crippen LogP contribution is 2.37. The predicted molar refractivity (Wildman–Crippen MR) is 119 cm³/mol. The summed E-state index contributed by atoms with van der Waals surface area (Å²) in [5, 5.41) is 0. The standard InChI is InChI=1S/C24H36BFO6/c1-23(2)24(3,4)32-25(31-23)20-14-18(26)13-17(15-29-21-9-5-7-11-27-21)19(20)16-30-22-10-6-8-12-28-22/h13-14,21-22H,5-12,15-16H2,1-4H3. The van der Waals surface area contributed by atoms with E-state index in [1.807, 2.05) is 27.7 Å². The molecule has 0 aromatic heterocycles. The first-order valence-electron chi connectivity index (χ1n) is 11.9. The van der Waals surface area contributed by atoms with Crippen molar-refractivity contribution in [2.75, 3.05) is 13.2 Å². The zero-order valence-electron chi connectivity index (χ0n) is 19.8. The quantitative estimate of drug-likeness (QED) is 0.581. The molecule has 1 aromatic carbocycles. The third-order valence-electron chi connectivity index (χ3n) is 6.96. The molecular weight excluding hydrogens is 414 g/mol. The first-order chi connectivity index (χ1) is 15.2.